The third-order valence-corrected chi connectivity index (χ3v) is 13.4. The number of nitrogens with zero attached hydrogens (tertiary/aromatic N) is 2. The molecular formula is C46H75N3O28. The highest BCUT2D eigenvalue weighted by Gasteiger charge is 2.52. The summed E-state index contributed by atoms with van der Waals surface area (Å²) in [7, 11) is 0. The first kappa shape index (κ1) is 64.4. The summed E-state index contributed by atoms with van der Waals surface area (Å²) in [5.74, 6) is -3.40. The van der Waals surface area contributed by atoms with Crippen LogP contribution in [-0.4, -0.2) is 294 Å². The maximum atomic E-state index is 13.3. The first-order chi connectivity index (χ1) is 36.6. The van der Waals surface area contributed by atoms with Crippen molar-refractivity contribution in [2.24, 2.45) is 0 Å². The molecular weight excluding hydrogens is 1040 g/mol. The number of carbonyl (C=O) groups is 6. The Labute approximate surface area is 440 Å². The highest BCUT2D eigenvalue weighted by atomic mass is 16.8. The number of unbranched alkanes of at least 4 members (excludes halogenated alkanes) is 3. The molecule has 0 bridgehead atoms. The van der Waals surface area contributed by atoms with Gasteiger partial charge in [0.1, 0.15) is 103 Å². The number of ketones is 2. The first-order valence-corrected chi connectivity index (χ1v) is 25.5. The lowest BCUT2D eigenvalue weighted by molar-refractivity contribution is -0.366. The Kier molecular flexibility index (Phi) is 25.9. The lowest BCUT2D eigenvalue weighted by atomic mass is 9.96. The van der Waals surface area contributed by atoms with E-state index in [4.69, 9.17) is 42.7 Å². The zero-order chi connectivity index (χ0) is 56.7. The summed E-state index contributed by atoms with van der Waals surface area (Å²) in [5.41, 5.74) is 0. The number of hydrogen-bond donors (Lipinski definition) is 14. The van der Waals surface area contributed by atoms with Gasteiger partial charge in [-0.3, -0.25) is 28.9 Å². The SMILES string of the molecule is C[C@@H]1O[C@@H](OCCCC(=O)CN(CC(=O)CCCCCCC(=O)ON2C(=O)CCC2=O)CC(=O)NCCO[C@@H]2O[C@H](CO[C@H]3O[C@H](CO)[C@@H](O)[C@H](O)[C@@H]3O)[C@@H](O)[C@H](O[C@H]3O[C@H](CO)[C@@H](O)[C@H](O)[C@@H]3O)[C@H]2O)[C@@H](O)[C@H](O)[C@@H]1O. The lowest BCUT2D eigenvalue weighted by Crippen LogP contribution is -2.65. The number of ether oxygens (including phenoxy) is 8. The third kappa shape index (κ3) is 18.0. The Morgan fingerprint density at radius 3 is 1.64 bits per heavy atom. The van der Waals surface area contributed by atoms with Crippen molar-refractivity contribution in [1.82, 2.24) is 15.3 Å². The largest absolute Gasteiger partial charge is 0.394 e. The number of imide groups is 1. The number of nitrogens with one attached hydrogen (secondary N) is 1. The van der Waals surface area contributed by atoms with Gasteiger partial charge in [0.15, 0.2) is 25.2 Å². The van der Waals surface area contributed by atoms with E-state index in [9.17, 15) is 95.2 Å². The zero-order valence-corrected chi connectivity index (χ0v) is 42.3. The Hall–Kier alpha value is -3.46. The summed E-state index contributed by atoms with van der Waals surface area (Å²) in [6.07, 6.45) is -31.6. The van der Waals surface area contributed by atoms with E-state index in [1.54, 1.807) is 0 Å². The zero-order valence-electron chi connectivity index (χ0n) is 42.3. The fourth-order valence-corrected chi connectivity index (χ4v) is 8.89. The highest BCUT2D eigenvalue weighted by Crippen LogP contribution is 2.31. The second-order valence-electron chi connectivity index (χ2n) is 19.4. The third-order valence-electron chi connectivity index (χ3n) is 13.4. The quantitative estimate of drug-likeness (QED) is 0.0235. The number of Topliss-reactive ketones (excluding diaryl/α,β-unsaturated/α-hetero) is 2. The van der Waals surface area contributed by atoms with Crippen molar-refractivity contribution < 1.29 is 138 Å². The van der Waals surface area contributed by atoms with Gasteiger partial charge in [-0.15, -0.1) is 5.06 Å². The van der Waals surface area contributed by atoms with Crippen LogP contribution in [0.4, 0.5) is 0 Å². The number of aliphatic hydroxyl groups excluding tert-OH is 13. The van der Waals surface area contributed by atoms with Crippen LogP contribution in [0.1, 0.15) is 71.1 Å². The van der Waals surface area contributed by atoms with Crippen molar-refractivity contribution in [1.29, 1.82) is 0 Å². The molecule has 0 spiro atoms. The molecule has 0 aromatic rings. The minimum atomic E-state index is -1.99. The molecule has 0 unspecified atom stereocenters. The maximum Gasteiger partial charge on any atom is 0.333 e. The van der Waals surface area contributed by atoms with Gasteiger partial charge in [0.2, 0.25) is 5.91 Å². The van der Waals surface area contributed by atoms with E-state index in [-0.39, 0.29) is 70.5 Å². The normalized spacial score (nSPS) is 36.8. The average Bonchev–Trinajstić information content (AvgIpc) is 3.72. The monoisotopic (exact) mass is 1120 g/mol. The Balaban J connectivity index is 1.15. The van der Waals surface area contributed by atoms with Crippen molar-refractivity contribution in [2.75, 3.05) is 59.2 Å². The molecule has 31 heteroatoms. The van der Waals surface area contributed by atoms with Gasteiger partial charge in [-0.1, -0.05) is 12.8 Å². The van der Waals surface area contributed by atoms with Crippen LogP contribution in [0.15, 0.2) is 0 Å². The molecule has 5 rings (SSSR count). The molecule has 5 aliphatic rings. The molecule has 0 radical (unpaired) electrons. The Bertz CT molecular complexity index is 1890. The fraction of sp³-hybridized carbons (Fsp3) is 0.870. The van der Waals surface area contributed by atoms with E-state index in [1.165, 1.54) is 11.8 Å². The second kappa shape index (κ2) is 30.9. The number of hydroxylamine groups is 2. The minimum Gasteiger partial charge on any atom is -0.394 e. The molecule has 31 nitrogen and oxygen atoms in total. The van der Waals surface area contributed by atoms with Crippen LogP contribution in [0, 0.1) is 0 Å². The number of aliphatic hydroxyl groups is 13. The topological polar surface area (TPSA) is 467 Å². The van der Waals surface area contributed by atoms with Crippen molar-refractivity contribution in [2.45, 2.75) is 194 Å². The molecule has 5 saturated heterocycles. The molecule has 3 amide bonds. The van der Waals surface area contributed by atoms with Crippen molar-refractivity contribution in [3.63, 3.8) is 0 Å². The van der Waals surface area contributed by atoms with Crippen LogP contribution in [0.5, 0.6) is 0 Å². The van der Waals surface area contributed by atoms with Gasteiger partial charge in [0, 0.05) is 38.6 Å². The fourth-order valence-electron chi connectivity index (χ4n) is 8.89. The molecule has 20 atom stereocenters. The smallest absolute Gasteiger partial charge is 0.333 e. The van der Waals surface area contributed by atoms with Crippen molar-refractivity contribution >= 4 is 35.3 Å². The molecule has 442 valence electrons. The van der Waals surface area contributed by atoms with E-state index < -0.39 is 185 Å². The van der Waals surface area contributed by atoms with Gasteiger partial charge in [-0.2, -0.15) is 0 Å². The Morgan fingerprint density at radius 1 is 0.545 bits per heavy atom. The Morgan fingerprint density at radius 2 is 1.04 bits per heavy atom. The maximum absolute atomic E-state index is 13.3. The van der Waals surface area contributed by atoms with Gasteiger partial charge in [0.25, 0.3) is 11.8 Å². The summed E-state index contributed by atoms with van der Waals surface area (Å²) < 4.78 is 44.4. The highest BCUT2D eigenvalue weighted by molar-refractivity contribution is 6.01. The number of amides is 3. The molecule has 0 aromatic carbocycles. The summed E-state index contributed by atoms with van der Waals surface area (Å²) >= 11 is 0. The molecule has 5 fully saturated rings. The van der Waals surface area contributed by atoms with E-state index in [2.05, 4.69) is 5.32 Å². The molecule has 77 heavy (non-hydrogen) atoms. The summed E-state index contributed by atoms with van der Waals surface area (Å²) in [6.45, 7) is -2.95. The van der Waals surface area contributed by atoms with Gasteiger partial charge < -0.3 is 114 Å². The summed E-state index contributed by atoms with van der Waals surface area (Å²) in [6, 6.07) is 0. The van der Waals surface area contributed by atoms with E-state index >= 15 is 0 Å². The van der Waals surface area contributed by atoms with Crippen LogP contribution in [0.25, 0.3) is 0 Å². The minimum absolute atomic E-state index is 0.0337. The summed E-state index contributed by atoms with van der Waals surface area (Å²) in [4.78, 5) is 81.4. The first-order valence-electron chi connectivity index (χ1n) is 25.5. The summed E-state index contributed by atoms with van der Waals surface area (Å²) in [5, 5.41) is 137. The van der Waals surface area contributed by atoms with Crippen molar-refractivity contribution in [3.05, 3.63) is 0 Å². The lowest BCUT2D eigenvalue weighted by Gasteiger charge is -2.46. The van der Waals surface area contributed by atoms with Gasteiger partial charge in [-0.05, 0) is 26.2 Å². The van der Waals surface area contributed by atoms with Crippen LogP contribution in [0.3, 0.4) is 0 Å². The van der Waals surface area contributed by atoms with Gasteiger partial charge in [-0.25, -0.2) is 4.79 Å². The predicted molar refractivity (Wildman–Crippen MR) is 247 cm³/mol. The van der Waals surface area contributed by atoms with Crippen LogP contribution in [0.2, 0.25) is 0 Å². The molecule has 0 aliphatic carbocycles. The van der Waals surface area contributed by atoms with E-state index in [1.807, 2.05) is 0 Å². The average molecular weight is 1120 g/mol. The van der Waals surface area contributed by atoms with Crippen LogP contribution < -0.4 is 5.32 Å². The predicted octanol–water partition coefficient (Wildman–Crippen LogP) is -8.42. The van der Waals surface area contributed by atoms with E-state index in [0.29, 0.717) is 30.7 Å². The van der Waals surface area contributed by atoms with E-state index in [0.717, 1.165) is 0 Å². The molecule has 5 heterocycles. The van der Waals surface area contributed by atoms with Crippen LogP contribution in [-0.2, 0) is 71.5 Å². The molecule has 0 aromatic heterocycles. The standard InChI is InChI=1S/C46H75N3O28/c1-21-31(58)35(62)38(65)43(72-21)69-13-6-8-23(53)16-48(15-22(52)7-4-2-3-5-9-30(57)77-49-28(55)10-11-29(49)56)17-27(54)47-12-14-70-45-41(68)42(76-46-40(67)37(64)33(60)25(19-51)74-46)34(61)26(75-45)20-71-44-39(66)36(63)32(59)24(18-50)73-44/h21,24-26,31-46,50-51,58-68H,2-20H2,1H3,(H,47,54)/t21-,24+,25+,26+,31+,32+,33+,34+,35+,36-,37-,38-,39-,40-,41+,42-,43+,44-,45+,46+/m0/s1. The van der Waals surface area contributed by atoms with Gasteiger partial charge in [0.05, 0.1) is 58.8 Å². The number of rotatable bonds is 30. The second-order valence-corrected chi connectivity index (χ2v) is 19.4. The van der Waals surface area contributed by atoms with Crippen molar-refractivity contribution in [3.8, 4) is 0 Å². The molecule has 14 N–H and O–H groups in total. The molecule has 0 saturated carbocycles. The number of carbonyl (C=O) groups excluding carboxylic acids is 6. The number of hydrogen-bond acceptors (Lipinski definition) is 29. The van der Waals surface area contributed by atoms with Crippen LogP contribution >= 0.6 is 0 Å². The molecule has 5 aliphatic heterocycles. The van der Waals surface area contributed by atoms with Gasteiger partial charge >= 0.3 is 5.97 Å².